The molecule has 10 heteroatoms. The number of methoxy groups -OCH3 is 1. The predicted octanol–water partition coefficient (Wildman–Crippen LogP) is 8.41. The Balaban J connectivity index is 1.13. The molecule has 0 bridgehead atoms. The van der Waals surface area contributed by atoms with Gasteiger partial charge in [-0.1, -0.05) is 124 Å². The molecule has 0 spiro atoms. The zero-order chi connectivity index (χ0) is 43.4. The maximum absolute atomic E-state index is 11.2. The minimum Gasteiger partial charge on any atom is -0.497 e. The highest BCUT2D eigenvalue weighted by Crippen LogP contribution is 2.53. The van der Waals surface area contributed by atoms with Crippen molar-refractivity contribution in [1.29, 1.82) is 0 Å². The summed E-state index contributed by atoms with van der Waals surface area (Å²) in [5.74, 6) is 0.476. The summed E-state index contributed by atoms with van der Waals surface area (Å²) in [5, 5.41) is 13.5. The molecule has 4 aromatic rings. The van der Waals surface area contributed by atoms with Gasteiger partial charge in [0.1, 0.15) is 11.4 Å². The van der Waals surface area contributed by atoms with Crippen LogP contribution < -0.4 is 15.1 Å². The smallest absolute Gasteiger partial charge is 0.261 e. The van der Waals surface area contributed by atoms with Crippen molar-refractivity contribution in [2.75, 3.05) is 40.1 Å². The van der Waals surface area contributed by atoms with E-state index in [-0.39, 0.29) is 53.8 Å². The summed E-state index contributed by atoms with van der Waals surface area (Å²) in [5.41, 5.74) is 0.647. The minimum absolute atomic E-state index is 0.0277. The van der Waals surface area contributed by atoms with Crippen LogP contribution in [0.4, 0.5) is 0 Å². The molecule has 4 saturated heterocycles. The lowest BCUT2D eigenvalue weighted by Crippen LogP contribution is -2.68. The third kappa shape index (κ3) is 9.37. The molecule has 4 heterocycles. The fourth-order valence-electron chi connectivity index (χ4n) is 11.0. The Morgan fingerprint density at radius 2 is 1.47 bits per heavy atom. The number of aliphatic hydroxyl groups excluding tert-OH is 1. The van der Waals surface area contributed by atoms with Crippen LogP contribution in [0.1, 0.15) is 84.1 Å². The summed E-state index contributed by atoms with van der Waals surface area (Å²) in [7, 11) is -1.17. The first kappa shape index (κ1) is 45.2. The number of fused-ring (bicyclic) bond motifs is 2. The third-order valence-corrected chi connectivity index (χ3v) is 19.3. The van der Waals surface area contributed by atoms with Crippen molar-refractivity contribution in [3.8, 4) is 5.75 Å². The molecule has 8 rings (SSSR count). The van der Waals surface area contributed by atoms with Crippen molar-refractivity contribution in [1.82, 2.24) is 0 Å². The summed E-state index contributed by atoms with van der Waals surface area (Å²) >= 11 is 0. The first-order valence-corrected chi connectivity index (χ1v) is 24.7. The number of aliphatic hydroxyl groups is 1. The van der Waals surface area contributed by atoms with Gasteiger partial charge in [0, 0.05) is 24.7 Å². The molecule has 0 amide bonds. The number of rotatable bonds is 15. The molecule has 9 nitrogen and oxygen atoms in total. The minimum atomic E-state index is -2.84. The van der Waals surface area contributed by atoms with Crippen LogP contribution in [0.2, 0.25) is 5.04 Å². The van der Waals surface area contributed by atoms with Crippen LogP contribution in [-0.2, 0) is 39.5 Å². The second-order valence-corrected chi connectivity index (χ2v) is 23.7. The Bertz CT molecular complexity index is 1960. The highest BCUT2D eigenvalue weighted by Gasteiger charge is 2.60. The average molecular weight is 865 g/mol. The maximum atomic E-state index is 11.2. The zero-order valence-electron chi connectivity index (χ0n) is 37.6. The van der Waals surface area contributed by atoms with Gasteiger partial charge in [-0.25, -0.2) is 0 Å². The molecular weight excluding hydrogens is 797 g/mol. The molecule has 4 aromatic carbocycles. The van der Waals surface area contributed by atoms with E-state index in [1.807, 2.05) is 42.5 Å². The molecular formula is C52H68O9Si. The number of ether oxygens (including phenoxy) is 7. The van der Waals surface area contributed by atoms with E-state index in [9.17, 15) is 5.11 Å². The first-order valence-electron chi connectivity index (χ1n) is 22.8. The topological polar surface area (TPSA) is 94.1 Å². The quantitative estimate of drug-likeness (QED) is 0.118. The van der Waals surface area contributed by atoms with Gasteiger partial charge >= 0.3 is 0 Å². The monoisotopic (exact) mass is 864 g/mol. The number of hydrogen-bond donors (Lipinski definition) is 1. The van der Waals surface area contributed by atoms with Crippen LogP contribution in [0.3, 0.4) is 0 Å². The molecule has 0 aromatic heterocycles. The Morgan fingerprint density at radius 3 is 2.10 bits per heavy atom. The van der Waals surface area contributed by atoms with Crippen LogP contribution in [0, 0.1) is 17.8 Å². The lowest BCUT2D eigenvalue weighted by molar-refractivity contribution is -0.361. The highest BCUT2D eigenvalue weighted by molar-refractivity contribution is 6.99. The van der Waals surface area contributed by atoms with Gasteiger partial charge in [-0.15, -0.1) is 0 Å². The van der Waals surface area contributed by atoms with Crippen LogP contribution in [0.5, 0.6) is 5.75 Å². The van der Waals surface area contributed by atoms with Crippen molar-refractivity contribution in [3.63, 3.8) is 0 Å². The number of hydrogen-bond acceptors (Lipinski definition) is 9. The molecule has 1 N–H and O–H groups in total. The van der Waals surface area contributed by atoms with Crippen molar-refractivity contribution < 1.29 is 42.7 Å². The average Bonchev–Trinajstić information content (AvgIpc) is 3.29. The summed E-state index contributed by atoms with van der Waals surface area (Å²) < 4.78 is 54.1. The van der Waals surface area contributed by atoms with E-state index < -0.39 is 25.8 Å². The van der Waals surface area contributed by atoms with E-state index in [1.54, 1.807) is 7.11 Å². The Kier molecular flexibility index (Phi) is 14.1. The van der Waals surface area contributed by atoms with Crippen molar-refractivity contribution >= 4 is 18.7 Å². The molecule has 10 atom stereocenters. The van der Waals surface area contributed by atoms with Gasteiger partial charge in [0.2, 0.25) is 0 Å². The summed E-state index contributed by atoms with van der Waals surface area (Å²) in [6.45, 7) is 13.7. The summed E-state index contributed by atoms with van der Waals surface area (Å²) in [6.07, 6.45) is 2.94. The molecule has 62 heavy (non-hydrogen) atoms. The van der Waals surface area contributed by atoms with Crippen LogP contribution in [-0.4, -0.2) is 89.2 Å². The van der Waals surface area contributed by atoms with Crippen molar-refractivity contribution in [3.05, 3.63) is 126 Å². The van der Waals surface area contributed by atoms with Gasteiger partial charge in [-0.3, -0.25) is 0 Å². The fourth-order valence-corrected chi connectivity index (χ4v) is 15.6. The van der Waals surface area contributed by atoms with Crippen LogP contribution >= 0.6 is 0 Å². The largest absolute Gasteiger partial charge is 0.497 e. The second-order valence-electron chi connectivity index (χ2n) is 19.4. The van der Waals surface area contributed by atoms with Crippen molar-refractivity contribution in [2.45, 2.75) is 120 Å². The maximum Gasteiger partial charge on any atom is 0.261 e. The van der Waals surface area contributed by atoms with Crippen LogP contribution in [0.15, 0.2) is 115 Å². The summed E-state index contributed by atoms with van der Waals surface area (Å²) in [6, 6.07) is 39.8. The van der Waals surface area contributed by atoms with E-state index >= 15 is 0 Å². The SMILES string of the molecule is COc1ccc(COC[C@H](CO)[C@H]2O[C@H]3CCCO[C@@H]3C[C@@H]2[C@@H]2CC3O[C@H](c4ccccc4)OC[C@@]3(C)O[C@@]2(C)CCO[Si](c2ccccc2)(c2ccccc2)C(C)(C)C)cc1. The lowest BCUT2D eigenvalue weighted by atomic mass is 9.63. The lowest BCUT2D eigenvalue weighted by Gasteiger charge is -2.60. The highest BCUT2D eigenvalue weighted by atomic mass is 28.4. The van der Waals surface area contributed by atoms with E-state index in [0.29, 0.717) is 32.8 Å². The van der Waals surface area contributed by atoms with E-state index in [0.717, 1.165) is 49.2 Å². The third-order valence-electron chi connectivity index (χ3n) is 14.2. The zero-order valence-corrected chi connectivity index (χ0v) is 38.6. The number of benzene rings is 4. The Hall–Kier alpha value is -3.42. The first-order chi connectivity index (χ1) is 30.0. The molecule has 334 valence electrons. The molecule has 1 unspecified atom stereocenters. The van der Waals surface area contributed by atoms with Gasteiger partial charge < -0.3 is 42.7 Å². The molecule has 4 fully saturated rings. The molecule has 4 aliphatic rings. The normalized spacial score (nSPS) is 30.8. The van der Waals surface area contributed by atoms with Gasteiger partial charge in [-0.05, 0) is 90.9 Å². The van der Waals surface area contributed by atoms with Crippen molar-refractivity contribution in [2.24, 2.45) is 17.8 Å². The van der Waals surface area contributed by atoms with E-state index in [4.69, 9.17) is 37.6 Å². The standard InChI is InChI=1S/C52H68O9Si/c1-50(2,3)62(41-19-12-8-13-20-41,42-21-14-9-15-22-42)58-30-28-51(4)44(32-47-52(5,61-51)36-57-49(60-47)38-17-10-7-11-18-38)43-31-46-45(23-16-29-56-46)59-48(43)39(33-53)35-55-34-37-24-26-40(54-6)27-25-37/h7-15,17-22,24-27,39,43-49,53H,16,23,28-36H2,1-6H3/t39-,43+,44-,45-,46+,47?,48+,49+,51-,52+/m0/s1. The predicted molar refractivity (Wildman–Crippen MR) is 243 cm³/mol. The Morgan fingerprint density at radius 1 is 0.806 bits per heavy atom. The van der Waals surface area contributed by atoms with E-state index in [1.165, 1.54) is 10.4 Å². The summed E-state index contributed by atoms with van der Waals surface area (Å²) in [4.78, 5) is 0. The molecule has 0 aliphatic carbocycles. The molecule has 0 radical (unpaired) electrons. The van der Waals surface area contributed by atoms with Gasteiger partial charge in [0.15, 0.2) is 6.29 Å². The molecule has 0 saturated carbocycles. The van der Waals surface area contributed by atoms with Crippen LogP contribution in [0.25, 0.3) is 0 Å². The second kappa shape index (κ2) is 19.4. The molecule has 4 aliphatic heterocycles. The van der Waals surface area contributed by atoms with Gasteiger partial charge in [0.05, 0.1) is 63.6 Å². The Labute approximate surface area is 370 Å². The fraction of sp³-hybridized carbons (Fsp3) is 0.538. The van der Waals surface area contributed by atoms with E-state index in [2.05, 4.69) is 107 Å². The van der Waals surface area contributed by atoms with Gasteiger partial charge in [0.25, 0.3) is 8.32 Å². The van der Waals surface area contributed by atoms with Gasteiger partial charge in [-0.2, -0.15) is 0 Å².